The van der Waals surface area contributed by atoms with Crippen molar-refractivity contribution in [1.82, 2.24) is 60.0 Å². The third-order valence-corrected chi connectivity index (χ3v) is 23.7. The van der Waals surface area contributed by atoms with Crippen molar-refractivity contribution >= 4 is 82.5 Å². The zero-order valence-corrected chi connectivity index (χ0v) is 62.4. The number of amides is 12. The average molecular weight is 1490 g/mol. The highest BCUT2D eigenvalue weighted by atomic mass is 35.5. The van der Waals surface area contributed by atoms with Crippen molar-refractivity contribution in [3.63, 3.8) is 0 Å². The molecule has 12 amide bonds. The summed E-state index contributed by atoms with van der Waals surface area (Å²) in [6, 6.07) is -10.8. The third-order valence-electron chi connectivity index (χ3n) is 23.2. The number of fused-ring (bicyclic) bond motifs is 1. The molecule has 1 spiro atoms. The Kier molecular flexibility index (Phi) is 29.8. The number of hydrogen-bond donors (Lipinski definition) is 3. The molecular formula is C71H111ClF6N12O13. The van der Waals surface area contributed by atoms with Gasteiger partial charge < -0.3 is 64.8 Å². The number of nitrogens with one attached hydrogen (secondary N) is 3. The molecule has 7 rings (SSSR count). The van der Waals surface area contributed by atoms with Crippen LogP contribution in [-0.4, -0.2) is 282 Å². The van der Waals surface area contributed by atoms with Crippen LogP contribution in [-0.2, 0) is 62.3 Å². The van der Waals surface area contributed by atoms with Gasteiger partial charge in [0.2, 0.25) is 70.9 Å². The summed E-state index contributed by atoms with van der Waals surface area (Å²) in [5.41, 5.74) is -1.66. The van der Waals surface area contributed by atoms with Gasteiger partial charge >= 0.3 is 12.4 Å². The first kappa shape index (κ1) is 83.7. The molecule has 0 aromatic rings. The quantitative estimate of drug-likeness (QED) is 0.171. The van der Waals surface area contributed by atoms with Gasteiger partial charge in [-0.25, -0.2) is 0 Å². The van der Waals surface area contributed by atoms with E-state index in [1.807, 2.05) is 0 Å². The minimum atomic E-state index is -5.11. The van der Waals surface area contributed by atoms with E-state index in [9.17, 15) is 59.9 Å². The Bertz CT molecular complexity index is 3020. The molecule has 7 fully saturated rings. The SMILES string of the molecule is CC[C@H](C)[C@@H]1NC(=O)[C@H](CC(F)(F)F)N(C)C(=O)C[C@@H](C(=O)N2CCOCC2)N(C)C(=O)[C@H](C2CCCC2)N(C)C(=O)C2(CCCC2)NC(=O)[C@@H]2CCCN2C(=O)[C@H](CCC2CCC(C(F)(F)F)C(Cl)C2)NC(=O)CN(C)C(=O)[C@H](CC2CCC(C)CC2)N(CC)C(=O)CN(C)C(=O)CN(C)C1=O. The Labute approximate surface area is 606 Å². The minimum Gasteiger partial charge on any atom is -0.378 e. The monoisotopic (exact) mass is 1490 g/mol. The molecule has 25 nitrogen and oxygen atoms in total. The van der Waals surface area contributed by atoms with Crippen molar-refractivity contribution in [3.8, 4) is 0 Å². The van der Waals surface area contributed by atoms with Gasteiger partial charge in [-0.3, -0.25) is 57.5 Å². The predicted octanol–water partition coefficient (Wildman–Crippen LogP) is 5.48. The summed E-state index contributed by atoms with van der Waals surface area (Å²) in [6.45, 7) is 5.12. The van der Waals surface area contributed by atoms with Crippen LogP contribution in [0.25, 0.3) is 0 Å². The topological polar surface area (TPSA) is 279 Å². The molecule has 3 unspecified atom stereocenters. The molecule has 582 valence electrons. The summed E-state index contributed by atoms with van der Waals surface area (Å²) in [6.07, 6.45) is -5.48. The summed E-state index contributed by atoms with van der Waals surface area (Å²) in [7, 11) is 7.48. The van der Waals surface area contributed by atoms with Gasteiger partial charge in [-0.05, 0) is 114 Å². The highest BCUT2D eigenvalue weighted by molar-refractivity contribution is 6.21. The molecule has 32 heteroatoms. The molecule has 11 atom stereocenters. The molecule has 7 aliphatic rings. The number of likely N-dealkylation sites (N-methyl/N-ethyl adjacent to an activating group) is 7. The van der Waals surface area contributed by atoms with Crippen LogP contribution in [0.3, 0.4) is 0 Å². The number of nitrogens with zero attached hydrogens (tertiary/aromatic N) is 9. The van der Waals surface area contributed by atoms with E-state index in [0.717, 1.165) is 52.3 Å². The van der Waals surface area contributed by atoms with Crippen LogP contribution in [0.5, 0.6) is 0 Å². The Morgan fingerprint density at radius 3 is 1.83 bits per heavy atom. The summed E-state index contributed by atoms with van der Waals surface area (Å²) < 4.78 is 92.0. The van der Waals surface area contributed by atoms with Gasteiger partial charge in [0.05, 0.1) is 51.6 Å². The molecule has 3 N–H and O–H groups in total. The first-order valence-electron chi connectivity index (χ1n) is 37.1. The molecule has 4 aliphatic carbocycles. The molecule has 3 heterocycles. The predicted molar refractivity (Wildman–Crippen MR) is 367 cm³/mol. The largest absolute Gasteiger partial charge is 0.393 e. The zero-order chi connectivity index (χ0) is 76.2. The summed E-state index contributed by atoms with van der Waals surface area (Å²) in [4.78, 5) is 189. The molecule has 4 saturated carbocycles. The van der Waals surface area contributed by atoms with Crippen molar-refractivity contribution < 1.29 is 88.6 Å². The number of halogens is 7. The van der Waals surface area contributed by atoms with Crippen LogP contribution in [0.2, 0.25) is 0 Å². The molecule has 0 bridgehead atoms. The summed E-state index contributed by atoms with van der Waals surface area (Å²) in [5.74, 6) is -13.2. The third kappa shape index (κ3) is 21.4. The van der Waals surface area contributed by atoms with Crippen molar-refractivity contribution in [2.24, 2.45) is 35.5 Å². The van der Waals surface area contributed by atoms with Crippen molar-refractivity contribution in [3.05, 3.63) is 0 Å². The second-order valence-corrected chi connectivity index (χ2v) is 31.0. The van der Waals surface area contributed by atoms with Gasteiger partial charge in [0.15, 0.2) is 0 Å². The highest BCUT2D eigenvalue weighted by Gasteiger charge is 2.53. The van der Waals surface area contributed by atoms with Crippen molar-refractivity contribution in [2.75, 3.05) is 101 Å². The number of carbonyl (C=O) groups is 12. The number of rotatable bonds is 11. The molecule has 3 aliphatic heterocycles. The maximum Gasteiger partial charge on any atom is 0.393 e. The lowest BCUT2D eigenvalue weighted by Gasteiger charge is -2.42. The Hall–Kier alpha value is -6.53. The Morgan fingerprint density at radius 1 is 0.631 bits per heavy atom. The van der Waals surface area contributed by atoms with E-state index < -0.39 is 193 Å². The fourth-order valence-corrected chi connectivity index (χ4v) is 17.0. The van der Waals surface area contributed by atoms with Crippen molar-refractivity contribution in [2.45, 2.75) is 241 Å². The van der Waals surface area contributed by atoms with Crippen molar-refractivity contribution in [1.29, 1.82) is 0 Å². The zero-order valence-electron chi connectivity index (χ0n) is 61.7. The molecular weight excluding hydrogens is 1380 g/mol. The van der Waals surface area contributed by atoms with Crippen LogP contribution < -0.4 is 16.0 Å². The van der Waals surface area contributed by atoms with Gasteiger partial charge in [0.1, 0.15) is 47.8 Å². The van der Waals surface area contributed by atoms with E-state index >= 15 is 24.0 Å². The molecule has 0 aromatic heterocycles. The first-order chi connectivity index (χ1) is 48.4. The molecule has 103 heavy (non-hydrogen) atoms. The number of hydrogen-bond acceptors (Lipinski definition) is 13. The lowest BCUT2D eigenvalue weighted by atomic mass is 9.78. The standard InChI is InChI=1S/C71H111ClF6N12O13/c1-11-44(4)59-66(100)84(7)41-57(93)82(5)42-58(94)89(12-2)53(37-46-23-21-43(3)22-24-46)64(98)83(6)40-55(91)79-50(28-26-45-25-27-48(49(72)36-45)71(76,77)78)63(97)90-31-17-20-51(90)62(96)81-69(29-15-16-30-69)68(102)87(10)60(47-18-13-14-19-47)67(101)86(9)52(65(99)88-32-34-103-35-33-88)38-56(92)85(8)54(61(95)80-59)39-70(73,74)75/h43-54,59-60H,11-42H2,1-10H3,(H,79,91)(H,80,95)(H,81,96)/t43?,44-,45?,46?,48?,49?,50-,51-,52-,53-,54-,59-,60-/m0/s1. The fourth-order valence-electron chi connectivity index (χ4n) is 16.5. The van der Waals surface area contributed by atoms with E-state index in [0.29, 0.717) is 55.8 Å². The van der Waals surface area contributed by atoms with Gasteiger partial charge in [0, 0.05) is 73.8 Å². The maximum atomic E-state index is 15.6. The van der Waals surface area contributed by atoms with Crippen LogP contribution in [0, 0.1) is 35.5 Å². The maximum absolute atomic E-state index is 15.6. The molecule has 3 saturated heterocycles. The van der Waals surface area contributed by atoms with Gasteiger partial charge in [-0.2, -0.15) is 26.3 Å². The molecule has 0 radical (unpaired) electrons. The van der Waals surface area contributed by atoms with E-state index in [1.54, 1.807) is 20.8 Å². The Morgan fingerprint density at radius 2 is 1.24 bits per heavy atom. The fraction of sp³-hybridized carbons (Fsp3) is 0.831. The molecule has 0 aromatic carbocycles. The Balaban J connectivity index is 1.29. The van der Waals surface area contributed by atoms with Gasteiger partial charge in [-0.1, -0.05) is 78.6 Å². The van der Waals surface area contributed by atoms with Crippen LogP contribution in [0.1, 0.15) is 175 Å². The van der Waals surface area contributed by atoms with E-state index in [-0.39, 0.29) is 110 Å². The van der Waals surface area contributed by atoms with Crippen LogP contribution in [0.15, 0.2) is 0 Å². The summed E-state index contributed by atoms with van der Waals surface area (Å²) >= 11 is 6.40. The van der Waals surface area contributed by atoms with E-state index in [2.05, 4.69) is 22.9 Å². The number of morpholine rings is 1. The minimum absolute atomic E-state index is 0.00752. The van der Waals surface area contributed by atoms with E-state index in [4.69, 9.17) is 16.3 Å². The number of alkyl halides is 7. The van der Waals surface area contributed by atoms with Gasteiger partial charge in [-0.15, -0.1) is 11.6 Å². The average Bonchev–Trinajstić information content (AvgIpc) is 1.73. The van der Waals surface area contributed by atoms with Crippen LogP contribution >= 0.6 is 11.6 Å². The summed E-state index contributed by atoms with van der Waals surface area (Å²) in [5, 5.41) is 7.00. The normalized spacial score (nSPS) is 30.8. The lowest BCUT2D eigenvalue weighted by molar-refractivity contribution is -0.182. The van der Waals surface area contributed by atoms with Crippen LogP contribution in [0.4, 0.5) is 26.3 Å². The first-order valence-corrected chi connectivity index (χ1v) is 37.5. The van der Waals surface area contributed by atoms with Gasteiger partial charge in [0.25, 0.3) is 0 Å². The second kappa shape index (κ2) is 36.7. The lowest BCUT2D eigenvalue weighted by Crippen LogP contribution is -2.65. The highest BCUT2D eigenvalue weighted by Crippen LogP contribution is 2.44. The smallest absolute Gasteiger partial charge is 0.378 e. The van der Waals surface area contributed by atoms with E-state index in [1.165, 1.54) is 54.8 Å². The second-order valence-electron chi connectivity index (χ2n) is 30.4. The number of ether oxygens (including phenoxy) is 1. The number of carbonyl (C=O) groups excluding carboxylic acids is 12.